The van der Waals surface area contributed by atoms with E-state index in [1.165, 1.54) is 24.3 Å². The molecule has 2 aliphatic rings. The van der Waals surface area contributed by atoms with Gasteiger partial charge in [0.2, 0.25) is 0 Å². The summed E-state index contributed by atoms with van der Waals surface area (Å²) in [5, 5.41) is 0.986. The van der Waals surface area contributed by atoms with Gasteiger partial charge in [-0.25, -0.2) is 4.39 Å². The molecule has 1 saturated heterocycles. The lowest BCUT2D eigenvalue weighted by Gasteiger charge is -2.29. The number of hydrogen-bond acceptors (Lipinski definition) is 5. The molecule has 1 N–H and O–H groups in total. The minimum absolute atomic E-state index is 0.284. The number of halogens is 1. The van der Waals surface area contributed by atoms with Gasteiger partial charge in [-0.1, -0.05) is 13.8 Å². The van der Waals surface area contributed by atoms with Gasteiger partial charge in [-0.2, -0.15) is 0 Å². The maximum Gasteiger partial charge on any atom is 0.257 e. The Hall–Kier alpha value is -3.49. The number of ether oxygens (including phenoxy) is 2. The molecule has 1 amide bonds. The van der Waals surface area contributed by atoms with Crippen molar-refractivity contribution in [3.8, 4) is 5.75 Å². The summed E-state index contributed by atoms with van der Waals surface area (Å²) in [5.74, 6) is 0.0697. The molecule has 0 unspecified atom stereocenters. The average molecular weight is 492 g/mol. The first-order valence-corrected chi connectivity index (χ1v) is 12.2. The zero-order valence-corrected chi connectivity index (χ0v) is 20.6. The molecule has 0 aliphatic carbocycles. The van der Waals surface area contributed by atoms with Gasteiger partial charge in [0.05, 0.1) is 24.5 Å². The fourth-order valence-corrected chi connectivity index (χ4v) is 5.06. The molecule has 3 aromatic rings. The van der Waals surface area contributed by atoms with Gasteiger partial charge in [-0.3, -0.25) is 14.5 Å². The summed E-state index contributed by atoms with van der Waals surface area (Å²) in [6.07, 6.45) is 2.35. The topological polar surface area (TPSA) is 74.9 Å². The highest BCUT2D eigenvalue weighted by atomic mass is 19.1. The van der Waals surface area contributed by atoms with Crippen LogP contribution in [-0.4, -0.2) is 73.0 Å². The zero-order chi connectivity index (χ0) is 25.3. The maximum absolute atomic E-state index is 13.4. The fourth-order valence-electron chi connectivity index (χ4n) is 5.06. The average Bonchev–Trinajstić information content (AvgIpc) is 3.22. The van der Waals surface area contributed by atoms with Gasteiger partial charge in [0.25, 0.3) is 5.91 Å². The molecular weight excluding hydrogens is 461 g/mol. The van der Waals surface area contributed by atoms with Crippen molar-refractivity contribution in [2.75, 3.05) is 46.0 Å². The van der Waals surface area contributed by atoms with Crippen LogP contribution >= 0.6 is 0 Å². The molecule has 0 saturated carbocycles. The molecule has 3 heterocycles. The Morgan fingerprint density at radius 1 is 1.17 bits per heavy atom. The first-order valence-electron chi connectivity index (χ1n) is 12.2. The molecule has 7 nitrogen and oxygen atoms in total. The van der Waals surface area contributed by atoms with E-state index in [2.05, 4.69) is 23.7 Å². The molecule has 1 aromatic heterocycles. The van der Waals surface area contributed by atoms with Crippen LogP contribution < -0.4 is 4.74 Å². The van der Waals surface area contributed by atoms with Gasteiger partial charge in [0.15, 0.2) is 6.29 Å². The molecule has 36 heavy (non-hydrogen) atoms. The van der Waals surface area contributed by atoms with E-state index in [-0.39, 0.29) is 5.91 Å². The maximum atomic E-state index is 13.4. The largest absolute Gasteiger partial charge is 0.492 e. The van der Waals surface area contributed by atoms with Crippen molar-refractivity contribution >= 4 is 28.7 Å². The number of carbonyl (C=O) groups excluding carboxylic acids is 2. The van der Waals surface area contributed by atoms with E-state index in [0.717, 1.165) is 61.4 Å². The van der Waals surface area contributed by atoms with Crippen LogP contribution in [-0.2, 0) is 14.9 Å². The summed E-state index contributed by atoms with van der Waals surface area (Å²) in [6, 6.07) is 11.4. The minimum Gasteiger partial charge on any atom is -0.492 e. The number of nitrogens with one attached hydrogen (secondary N) is 1. The summed E-state index contributed by atoms with van der Waals surface area (Å²) < 4.78 is 24.8. The Morgan fingerprint density at radius 2 is 1.92 bits per heavy atom. The van der Waals surface area contributed by atoms with Crippen LogP contribution in [0.1, 0.15) is 35.5 Å². The number of aromatic nitrogens is 1. The Kier molecular flexibility index (Phi) is 6.64. The SMILES string of the molecule is CC1(C)CN(C(=O)c2ccc(F)cc2)C=C(C=O)c2[nH]c3cc(OCCN4CCOCC4)ccc3c21. The summed E-state index contributed by atoms with van der Waals surface area (Å²) in [7, 11) is 0. The van der Waals surface area contributed by atoms with Gasteiger partial charge in [-0.05, 0) is 42.0 Å². The van der Waals surface area contributed by atoms with Crippen LogP contribution in [0.3, 0.4) is 0 Å². The number of hydrogen-bond donors (Lipinski definition) is 1. The van der Waals surface area contributed by atoms with Gasteiger partial charge < -0.3 is 19.4 Å². The van der Waals surface area contributed by atoms with E-state index in [4.69, 9.17) is 9.47 Å². The molecule has 0 spiro atoms. The number of H-pyrrole nitrogens is 1. The van der Waals surface area contributed by atoms with Crippen LogP contribution in [0.25, 0.3) is 16.5 Å². The molecule has 5 rings (SSSR count). The van der Waals surface area contributed by atoms with E-state index in [1.54, 1.807) is 11.1 Å². The Morgan fingerprint density at radius 3 is 2.64 bits per heavy atom. The Bertz CT molecular complexity index is 1310. The fraction of sp³-hybridized carbons (Fsp3) is 0.357. The number of rotatable bonds is 6. The predicted molar refractivity (Wildman–Crippen MR) is 136 cm³/mol. The van der Waals surface area contributed by atoms with Crippen molar-refractivity contribution in [2.45, 2.75) is 19.3 Å². The molecule has 0 atom stereocenters. The van der Waals surface area contributed by atoms with E-state index >= 15 is 0 Å². The molecule has 1 fully saturated rings. The van der Waals surface area contributed by atoms with Gasteiger partial charge >= 0.3 is 0 Å². The lowest BCUT2D eigenvalue weighted by Crippen LogP contribution is -2.38. The highest BCUT2D eigenvalue weighted by Gasteiger charge is 2.35. The second kappa shape index (κ2) is 9.87. The van der Waals surface area contributed by atoms with Gasteiger partial charge in [0.1, 0.15) is 18.2 Å². The van der Waals surface area contributed by atoms with E-state index in [0.29, 0.717) is 30.0 Å². The normalized spacial score (nSPS) is 17.9. The summed E-state index contributed by atoms with van der Waals surface area (Å²) >= 11 is 0. The van der Waals surface area contributed by atoms with Crippen LogP contribution in [0, 0.1) is 5.82 Å². The van der Waals surface area contributed by atoms with Crippen LogP contribution in [0.5, 0.6) is 5.75 Å². The van der Waals surface area contributed by atoms with E-state index < -0.39 is 11.2 Å². The van der Waals surface area contributed by atoms with Crippen molar-refractivity contribution in [3.63, 3.8) is 0 Å². The number of carbonyl (C=O) groups is 2. The van der Waals surface area contributed by atoms with E-state index in [9.17, 15) is 14.0 Å². The summed E-state index contributed by atoms with van der Waals surface area (Å²) in [4.78, 5) is 32.6. The molecule has 188 valence electrons. The number of morpholine rings is 1. The van der Waals surface area contributed by atoms with Crippen molar-refractivity contribution in [2.24, 2.45) is 0 Å². The van der Waals surface area contributed by atoms with Crippen molar-refractivity contribution < 1.29 is 23.5 Å². The molecule has 8 heteroatoms. The second-order valence-corrected chi connectivity index (χ2v) is 9.91. The van der Waals surface area contributed by atoms with E-state index in [1.807, 2.05) is 18.2 Å². The smallest absolute Gasteiger partial charge is 0.257 e. The molecule has 2 aromatic carbocycles. The van der Waals surface area contributed by atoms with Crippen molar-refractivity contribution in [1.29, 1.82) is 0 Å². The highest BCUT2D eigenvalue weighted by molar-refractivity contribution is 6.11. The van der Waals surface area contributed by atoms with Crippen LogP contribution in [0.2, 0.25) is 0 Å². The standard InChI is InChI=1S/C28H30FN3O4/c1-28(2)18-32(27(34)19-3-5-21(29)6-4-19)16-20(17-33)26-25(28)23-8-7-22(15-24(23)30-26)36-14-11-31-9-12-35-13-10-31/h3-8,15-17,30H,9-14,18H2,1-2H3. The number of allylic oxidation sites excluding steroid dienone is 1. The quantitative estimate of drug-likeness (QED) is 0.528. The Labute approximate surface area is 209 Å². The lowest BCUT2D eigenvalue weighted by molar-refractivity contribution is -0.103. The third kappa shape index (κ3) is 4.79. The molecule has 0 radical (unpaired) electrons. The summed E-state index contributed by atoms with van der Waals surface area (Å²) in [6.45, 7) is 9.24. The van der Waals surface area contributed by atoms with Crippen LogP contribution in [0.4, 0.5) is 4.39 Å². The highest BCUT2D eigenvalue weighted by Crippen LogP contribution is 2.40. The van der Waals surface area contributed by atoms with Crippen LogP contribution in [0.15, 0.2) is 48.7 Å². The Balaban J connectivity index is 1.42. The van der Waals surface area contributed by atoms with Gasteiger partial charge in [0, 0.05) is 60.3 Å². The third-order valence-corrected chi connectivity index (χ3v) is 6.85. The minimum atomic E-state index is -0.469. The third-order valence-electron chi connectivity index (χ3n) is 6.85. The monoisotopic (exact) mass is 491 g/mol. The number of benzene rings is 2. The number of nitrogens with zero attached hydrogens (tertiary/aromatic N) is 2. The molecule has 2 aliphatic heterocycles. The number of aldehydes is 1. The first kappa shape index (κ1) is 24.2. The zero-order valence-electron chi connectivity index (χ0n) is 20.6. The molecule has 0 bridgehead atoms. The number of fused-ring (bicyclic) bond motifs is 3. The second-order valence-electron chi connectivity index (χ2n) is 9.91. The van der Waals surface area contributed by atoms with Crippen molar-refractivity contribution in [1.82, 2.24) is 14.8 Å². The summed E-state index contributed by atoms with van der Waals surface area (Å²) in [5.41, 5.74) is 2.83. The van der Waals surface area contributed by atoms with Crippen molar-refractivity contribution in [3.05, 3.63) is 71.3 Å². The lowest BCUT2D eigenvalue weighted by atomic mass is 9.82. The number of amides is 1. The first-order chi connectivity index (χ1) is 17.4. The number of aromatic amines is 1. The predicted octanol–water partition coefficient (Wildman–Crippen LogP) is 3.99. The molecular formula is C28H30FN3O4. The van der Waals surface area contributed by atoms with Gasteiger partial charge in [-0.15, -0.1) is 0 Å².